The fraction of sp³-hybridized carbons (Fsp3) is 0.471. The van der Waals surface area contributed by atoms with E-state index in [4.69, 9.17) is 5.11 Å². The largest absolute Gasteiger partial charge is 0.480 e. The van der Waals surface area contributed by atoms with Crippen LogP contribution in [-0.4, -0.2) is 62.1 Å². The van der Waals surface area contributed by atoms with Crippen molar-refractivity contribution in [2.45, 2.75) is 37.1 Å². The number of benzene rings is 1. The molecule has 0 bridgehead atoms. The number of carboxylic acid groups (broad SMARTS) is 1. The molecule has 1 rings (SSSR count). The number of carbonyl (C=O) groups excluding carboxylic acids is 2. The standard InChI is InChI=1S/C17H24N2O6S/c1-4-5-6-14(17(22)23)18-16(21)12-7-9-13(10-8-12)26(24,25)11-15(20)19(2)3/h7-10,14H,4-6,11H2,1-3H3,(H,18,21)(H,22,23)/t14-/m0/s1. The van der Waals surface area contributed by atoms with Crippen molar-refractivity contribution in [2.24, 2.45) is 0 Å². The summed E-state index contributed by atoms with van der Waals surface area (Å²) in [4.78, 5) is 36.1. The fourth-order valence-corrected chi connectivity index (χ4v) is 3.40. The maximum Gasteiger partial charge on any atom is 0.326 e. The van der Waals surface area contributed by atoms with Gasteiger partial charge in [0.05, 0.1) is 4.90 Å². The van der Waals surface area contributed by atoms with Gasteiger partial charge < -0.3 is 15.3 Å². The SMILES string of the molecule is CCCC[C@H](NC(=O)c1ccc(S(=O)(=O)CC(=O)N(C)C)cc1)C(=O)O. The lowest BCUT2D eigenvalue weighted by molar-refractivity contribution is -0.139. The quantitative estimate of drug-likeness (QED) is 0.653. The summed E-state index contributed by atoms with van der Waals surface area (Å²) < 4.78 is 24.4. The van der Waals surface area contributed by atoms with Gasteiger partial charge in [0.1, 0.15) is 11.8 Å². The molecule has 0 aliphatic carbocycles. The molecule has 2 N–H and O–H groups in total. The monoisotopic (exact) mass is 384 g/mol. The molecule has 8 nitrogen and oxygen atoms in total. The summed E-state index contributed by atoms with van der Waals surface area (Å²) in [6.45, 7) is 1.92. The van der Waals surface area contributed by atoms with E-state index in [-0.39, 0.29) is 10.5 Å². The second-order valence-electron chi connectivity index (χ2n) is 6.08. The van der Waals surface area contributed by atoms with E-state index in [1.54, 1.807) is 0 Å². The van der Waals surface area contributed by atoms with Crippen molar-refractivity contribution in [3.8, 4) is 0 Å². The molecule has 0 aliphatic rings. The predicted octanol–water partition coefficient (Wildman–Crippen LogP) is 0.922. The summed E-state index contributed by atoms with van der Waals surface area (Å²) in [6.07, 6.45) is 1.78. The third kappa shape index (κ3) is 6.14. The summed E-state index contributed by atoms with van der Waals surface area (Å²) >= 11 is 0. The van der Waals surface area contributed by atoms with Crippen molar-refractivity contribution in [2.75, 3.05) is 19.8 Å². The van der Waals surface area contributed by atoms with Crippen LogP contribution in [0.1, 0.15) is 36.5 Å². The minimum Gasteiger partial charge on any atom is -0.480 e. The summed E-state index contributed by atoms with van der Waals surface area (Å²) in [5.41, 5.74) is 0.144. The highest BCUT2D eigenvalue weighted by molar-refractivity contribution is 7.92. The Morgan fingerprint density at radius 1 is 1.15 bits per heavy atom. The summed E-state index contributed by atoms with van der Waals surface area (Å²) in [6, 6.07) is 4.05. The first-order valence-corrected chi connectivity index (χ1v) is 9.80. The number of sulfone groups is 1. The lowest BCUT2D eigenvalue weighted by Gasteiger charge is -2.14. The topological polar surface area (TPSA) is 121 Å². The molecule has 0 aromatic heterocycles. The fourth-order valence-electron chi connectivity index (χ4n) is 2.10. The molecule has 0 radical (unpaired) electrons. The van der Waals surface area contributed by atoms with Crippen LogP contribution in [0.3, 0.4) is 0 Å². The normalized spacial score (nSPS) is 12.3. The zero-order valence-electron chi connectivity index (χ0n) is 15.1. The van der Waals surface area contributed by atoms with Crippen LogP contribution in [0.4, 0.5) is 0 Å². The van der Waals surface area contributed by atoms with Gasteiger partial charge in [0.15, 0.2) is 9.84 Å². The zero-order chi connectivity index (χ0) is 19.9. The lowest BCUT2D eigenvalue weighted by Crippen LogP contribution is -2.40. The smallest absolute Gasteiger partial charge is 0.326 e. The highest BCUT2D eigenvalue weighted by Gasteiger charge is 2.22. The van der Waals surface area contributed by atoms with Crippen LogP contribution in [0.25, 0.3) is 0 Å². The molecule has 0 saturated carbocycles. The minimum atomic E-state index is -3.81. The van der Waals surface area contributed by atoms with Gasteiger partial charge in [-0.2, -0.15) is 0 Å². The van der Waals surface area contributed by atoms with E-state index in [2.05, 4.69) is 5.32 Å². The number of hydrogen-bond donors (Lipinski definition) is 2. The van der Waals surface area contributed by atoms with Gasteiger partial charge in [-0.25, -0.2) is 13.2 Å². The molecule has 1 aromatic rings. The van der Waals surface area contributed by atoms with E-state index in [0.717, 1.165) is 6.42 Å². The first-order chi connectivity index (χ1) is 12.1. The first kappa shape index (κ1) is 21.6. The van der Waals surface area contributed by atoms with E-state index < -0.39 is 39.4 Å². The van der Waals surface area contributed by atoms with Crippen molar-refractivity contribution >= 4 is 27.6 Å². The molecule has 0 spiro atoms. The van der Waals surface area contributed by atoms with Crippen molar-refractivity contribution in [1.29, 1.82) is 0 Å². The van der Waals surface area contributed by atoms with E-state index in [9.17, 15) is 22.8 Å². The van der Waals surface area contributed by atoms with Crippen LogP contribution >= 0.6 is 0 Å². The Morgan fingerprint density at radius 2 is 1.73 bits per heavy atom. The molecular weight excluding hydrogens is 360 g/mol. The van der Waals surface area contributed by atoms with Gasteiger partial charge in [0, 0.05) is 19.7 Å². The molecule has 9 heteroatoms. The molecule has 0 saturated heterocycles. The van der Waals surface area contributed by atoms with E-state index >= 15 is 0 Å². The summed E-state index contributed by atoms with van der Waals surface area (Å²) in [7, 11) is -0.890. The first-order valence-electron chi connectivity index (χ1n) is 8.15. The number of carboxylic acids is 1. The molecule has 1 atom stereocenters. The van der Waals surface area contributed by atoms with Crippen LogP contribution in [0, 0.1) is 0 Å². The molecule has 2 amide bonds. The highest BCUT2D eigenvalue weighted by atomic mass is 32.2. The Morgan fingerprint density at radius 3 is 2.19 bits per heavy atom. The van der Waals surface area contributed by atoms with Crippen molar-refractivity contribution < 1.29 is 27.9 Å². The highest BCUT2D eigenvalue weighted by Crippen LogP contribution is 2.13. The Hall–Kier alpha value is -2.42. The molecule has 26 heavy (non-hydrogen) atoms. The van der Waals surface area contributed by atoms with Crippen LogP contribution in [-0.2, 0) is 19.4 Å². The molecule has 0 fully saturated rings. The van der Waals surface area contributed by atoms with Crippen LogP contribution < -0.4 is 5.32 Å². The molecular formula is C17H24N2O6S. The van der Waals surface area contributed by atoms with E-state index in [1.807, 2.05) is 6.92 Å². The zero-order valence-corrected chi connectivity index (χ0v) is 15.9. The number of hydrogen-bond acceptors (Lipinski definition) is 5. The average Bonchev–Trinajstić information content (AvgIpc) is 2.57. The number of nitrogens with one attached hydrogen (secondary N) is 1. The van der Waals surface area contributed by atoms with Gasteiger partial charge >= 0.3 is 5.97 Å². The van der Waals surface area contributed by atoms with Gasteiger partial charge in [-0.05, 0) is 30.7 Å². The maximum atomic E-state index is 12.2. The molecule has 0 unspecified atom stereocenters. The van der Waals surface area contributed by atoms with Crippen LogP contribution in [0.2, 0.25) is 0 Å². The number of rotatable bonds is 9. The van der Waals surface area contributed by atoms with Crippen LogP contribution in [0.15, 0.2) is 29.2 Å². The number of carbonyl (C=O) groups is 3. The third-order valence-corrected chi connectivity index (χ3v) is 5.36. The van der Waals surface area contributed by atoms with Gasteiger partial charge in [-0.1, -0.05) is 19.8 Å². The van der Waals surface area contributed by atoms with Crippen molar-refractivity contribution in [1.82, 2.24) is 10.2 Å². The number of aliphatic carboxylic acids is 1. The Balaban J connectivity index is 2.87. The second-order valence-corrected chi connectivity index (χ2v) is 8.07. The average molecular weight is 384 g/mol. The lowest BCUT2D eigenvalue weighted by atomic mass is 10.1. The van der Waals surface area contributed by atoms with Gasteiger partial charge in [0.2, 0.25) is 5.91 Å². The predicted molar refractivity (Wildman–Crippen MR) is 95.6 cm³/mol. The number of amides is 2. The maximum absolute atomic E-state index is 12.2. The third-order valence-electron chi connectivity index (χ3n) is 3.74. The number of unbranched alkanes of at least 4 members (excludes halogenated alkanes) is 1. The van der Waals surface area contributed by atoms with Crippen molar-refractivity contribution in [3.05, 3.63) is 29.8 Å². The van der Waals surface area contributed by atoms with Gasteiger partial charge in [-0.15, -0.1) is 0 Å². The Labute approximate surface area is 153 Å². The second kappa shape index (κ2) is 9.33. The molecule has 0 aliphatic heterocycles. The van der Waals surface area contributed by atoms with Crippen LogP contribution in [0.5, 0.6) is 0 Å². The molecule has 1 aromatic carbocycles. The van der Waals surface area contributed by atoms with Gasteiger partial charge in [-0.3, -0.25) is 9.59 Å². The van der Waals surface area contributed by atoms with Gasteiger partial charge in [0.25, 0.3) is 5.91 Å². The summed E-state index contributed by atoms with van der Waals surface area (Å²) in [5.74, 6) is -2.93. The van der Waals surface area contributed by atoms with E-state index in [1.165, 1.54) is 43.3 Å². The Bertz CT molecular complexity index is 756. The van der Waals surface area contributed by atoms with E-state index in [0.29, 0.717) is 12.8 Å². The molecule has 0 heterocycles. The van der Waals surface area contributed by atoms with Crippen molar-refractivity contribution in [3.63, 3.8) is 0 Å². The Kier molecular flexibility index (Phi) is 7.76. The summed E-state index contributed by atoms with van der Waals surface area (Å²) in [5, 5.41) is 11.6. The minimum absolute atomic E-state index is 0.0787. The molecule has 144 valence electrons. The number of nitrogens with zero attached hydrogens (tertiary/aromatic N) is 1.